The van der Waals surface area contributed by atoms with E-state index in [1.54, 1.807) is 12.1 Å². The van der Waals surface area contributed by atoms with E-state index in [4.69, 9.17) is 31.8 Å². The average Bonchev–Trinajstić information content (AvgIpc) is 3.06. The Morgan fingerprint density at radius 1 is 1.31 bits per heavy atom. The van der Waals surface area contributed by atoms with Crippen molar-refractivity contribution < 1.29 is 29.3 Å². The fourth-order valence-corrected chi connectivity index (χ4v) is 4.11. The molecule has 1 amide bonds. The number of carbonyl (C=O) groups is 2. The van der Waals surface area contributed by atoms with E-state index in [-0.39, 0.29) is 34.3 Å². The van der Waals surface area contributed by atoms with Crippen LogP contribution in [0.2, 0.25) is 0 Å². The molecule has 8 N–H and O–H groups in total. The fraction of sp³-hybridized carbons (Fsp3) is 0.200. The lowest BCUT2D eigenvalue weighted by molar-refractivity contribution is -0.139. The van der Waals surface area contributed by atoms with Gasteiger partial charge in [-0.15, -0.1) is 11.3 Å². The molecule has 0 aliphatic rings. The van der Waals surface area contributed by atoms with Crippen LogP contribution in [-0.2, 0) is 4.79 Å². The molecule has 166 valence electrons. The van der Waals surface area contributed by atoms with Crippen LogP contribution in [0.4, 0.5) is 11.5 Å². The molecule has 0 saturated heterocycles. The number of nitrogens with two attached hydrogens (primary N) is 3. The van der Waals surface area contributed by atoms with Crippen LogP contribution >= 0.6 is 11.3 Å². The number of amides is 1. The number of thiophene rings is 1. The summed E-state index contributed by atoms with van der Waals surface area (Å²) in [7, 11) is 1.41. The molecule has 0 aliphatic carbocycles. The molecular weight excluding hydrogens is 438 g/mol. The normalized spacial score (nSPS) is 11.7. The average molecular weight is 457 g/mol. The Labute approximate surface area is 185 Å². The van der Waals surface area contributed by atoms with Crippen LogP contribution in [0.5, 0.6) is 11.5 Å². The number of aliphatic hydroxyl groups excluding tert-OH is 1. The molecule has 1 atom stereocenters. The quantitative estimate of drug-likeness (QED) is 0.327. The first-order chi connectivity index (χ1) is 15.2. The van der Waals surface area contributed by atoms with Gasteiger partial charge in [0, 0.05) is 10.9 Å². The molecule has 0 aliphatic heterocycles. The van der Waals surface area contributed by atoms with Crippen LogP contribution in [0.25, 0.3) is 21.3 Å². The SMILES string of the molecule is COc1ccc(-c2c(C#N)c(N)nc3sc(C(N)=O)c(N)c23)cc1OC[C@@H](O)CC(=O)O. The summed E-state index contributed by atoms with van der Waals surface area (Å²) < 4.78 is 10.8. The first-order valence-corrected chi connectivity index (χ1v) is 9.91. The number of primary amides is 1. The van der Waals surface area contributed by atoms with Crippen molar-refractivity contribution in [2.45, 2.75) is 12.5 Å². The number of aliphatic carboxylic acids is 1. The molecule has 0 spiro atoms. The van der Waals surface area contributed by atoms with Crippen molar-refractivity contribution in [2.75, 3.05) is 25.2 Å². The number of carboxylic acid groups (broad SMARTS) is 1. The van der Waals surface area contributed by atoms with E-state index in [0.717, 1.165) is 11.3 Å². The van der Waals surface area contributed by atoms with Gasteiger partial charge in [-0.2, -0.15) is 5.26 Å². The predicted octanol–water partition coefficient (Wildman–Crippen LogP) is 1.32. The number of rotatable bonds is 8. The van der Waals surface area contributed by atoms with Crippen molar-refractivity contribution in [1.82, 2.24) is 4.98 Å². The molecular formula is C20H19N5O6S. The first kappa shape index (κ1) is 22.6. The maximum atomic E-state index is 11.8. The highest BCUT2D eigenvalue weighted by Crippen LogP contribution is 2.44. The minimum Gasteiger partial charge on any atom is -0.493 e. The van der Waals surface area contributed by atoms with E-state index in [1.807, 2.05) is 6.07 Å². The molecule has 0 bridgehead atoms. The standard InChI is InChI=1S/C20H19N5O6S/c1-30-11-3-2-8(4-12(11)31-7-9(26)5-13(27)28)14-10(6-21)18(23)25-20-15(14)16(22)17(32-20)19(24)29/h2-4,9,26H,5,7,22H2,1H3,(H2,23,25)(H2,24,29)(H,27,28)/t9-/m0/s1. The number of hydrogen-bond acceptors (Lipinski definition) is 10. The Hall–Kier alpha value is -4.08. The Kier molecular flexibility index (Phi) is 6.33. The number of carbonyl (C=O) groups excluding carboxylic acids is 1. The number of methoxy groups -OCH3 is 1. The maximum Gasteiger partial charge on any atom is 0.306 e. The van der Waals surface area contributed by atoms with Gasteiger partial charge in [0.2, 0.25) is 0 Å². The molecule has 12 heteroatoms. The van der Waals surface area contributed by atoms with Gasteiger partial charge in [0.25, 0.3) is 5.91 Å². The minimum atomic E-state index is -1.25. The summed E-state index contributed by atoms with van der Waals surface area (Å²) in [5, 5.41) is 28.7. The zero-order valence-corrected chi connectivity index (χ0v) is 17.6. The Morgan fingerprint density at radius 2 is 2.03 bits per heavy atom. The highest BCUT2D eigenvalue weighted by molar-refractivity contribution is 7.21. The number of anilines is 2. The second-order valence-corrected chi connectivity index (χ2v) is 7.68. The molecule has 0 saturated carbocycles. The van der Waals surface area contributed by atoms with E-state index in [0.29, 0.717) is 27.1 Å². The zero-order chi connectivity index (χ0) is 23.6. The summed E-state index contributed by atoms with van der Waals surface area (Å²) in [6.45, 7) is -0.308. The third kappa shape index (κ3) is 4.20. The molecule has 11 nitrogen and oxygen atoms in total. The van der Waals surface area contributed by atoms with Crippen molar-refractivity contribution in [3.8, 4) is 28.7 Å². The Bertz CT molecular complexity index is 1270. The molecule has 0 unspecified atom stereocenters. The lowest BCUT2D eigenvalue weighted by Crippen LogP contribution is -2.21. The number of nitrogens with zero attached hydrogens (tertiary/aromatic N) is 2. The van der Waals surface area contributed by atoms with Crippen LogP contribution in [0.1, 0.15) is 21.7 Å². The zero-order valence-electron chi connectivity index (χ0n) is 16.8. The number of hydrogen-bond donors (Lipinski definition) is 5. The summed E-state index contributed by atoms with van der Waals surface area (Å²) >= 11 is 0.961. The fourth-order valence-electron chi connectivity index (χ4n) is 3.15. The number of nitriles is 1. The number of nitrogen functional groups attached to an aromatic ring is 2. The van der Waals surface area contributed by atoms with Crippen molar-refractivity contribution in [1.29, 1.82) is 5.26 Å². The van der Waals surface area contributed by atoms with Crippen molar-refractivity contribution in [3.05, 3.63) is 28.6 Å². The van der Waals surface area contributed by atoms with Crippen molar-refractivity contribution >= 4 is 44.9 Å². The van der Waals surface area contributed by atoms with Gasteiger partial charge in [-0.3, -0.25) is 9.59 Å². The lowest BCUT2D eigenvalue weighted by atomic mass is 9.97. The number of fused-ring (bicyclic) bond motifs is 1. The Morgan fingerprint density at radius 3 is 2.62 bits per heavy atom. The van der Waals surface area contributed by atoms with Gasteiger partial charge in [-0.05, 0) is 17.7 Å². The smallest absolute Gasteiger partial charge is 0.306 e. The number of aliphatic hydroxyl groups is 1. The Balaban J connectivity index is 2.18. The molecule has 2 aromatic heterocycles. The number of carboxylic acids is 1. The van der Waals surface area contributed by atoms with Gasteiger partial charge in [-0.25, -0.2) is 4.98 Å². The van der Waals surface area contributed by atoms with Gasteiger partial charge in [-0.1, -0.05) is 6.07 Å². The second-order valence-electron chi connectivity index (χ2n) is 6.68. The van der Waals surface area contributed by atoms with E-state index < -0.39 is 24.4 Å². The van der Waals surface area contributed by atoms with Gasteiger partial charge in [0.05, 0.1) is 25.3 Å². The van der Waals surface area contributed by atoms with Crippen LogP contribution in [0.3, 0.4) is 0 Å². The molecule has 3 aromatic rings. The van der Waals surface area contributed by atoms with E-state index in [2.05, 4.69) is 4.98 Å². The first-order valence-electron chi connectivity index (χ1n) is 9.10. The van der Waals surface area contributed by atoms with Crippen LogP contribution in [0, 0.1) is 11.3 Å². The van der Waals surface area contributed by atoms with Crippen LogP contribution < -0.4 is 26.7 Å². The van der Waals surface area contributed by atoms with Gasteiger partial charge in [0.1, 0.15) is 33.8 Å². The van der Waals surface area contributed by atoms with E-state index in [1.165, 1.54) is 13.2 Å². The number of benzene rings is 1. The van der Waals surface area contributed by atoms with Crippen LogP contribution in [0.15, 0.2) is 18.2 Å². The third-order valence-corrected chi connectivity index (χ3v) is 5.65. The summed E-state index contributed by atoms with van der Waals surface area (Å²) in [5.74, 6) is -1.47. The van der Waals surface area contributed by atoms with Crippen molar-refractivity contribution in [3.63, 3.8) is 0 Å². The van der Waals surface area contributed by atoms with Gasteiger partial charge < -0.3 is 36.9 Å². The molecule has 32 heavy (non-hydrogen) atoms. The highest BCUT2D eigenvalue weighted by atomic mass is 32.1. The lowest BCUT2D eigenvalue weighted by Gasteiger charge is -2.16. The third-order valence-electron chi connectivity index (χ3n) is 4.53. The van der Waals surface area contributed by atoms with E-state index >= 15 is 0 Å². The minimum absolute atomic E-state index is 0.0417. The summed E-state index contributed by atoms with van der Waals surface area (Å²) in [6, 6.07) is 6.74. The topological polar surface area (TPSA) is 208 Å². The monoisotopic (exact) mass is 457 g/mol. The van der Waals surface area contributed by atoms with Crippen LogP contribution in [-0.4, -0.2) is 46.9 Å². The largest absolute Gasteiger partial charge is 0.493 e. The predicted molar refractivity (Wildman–Crippen MR) is 117 cm³/mol. The maximum absolute atomic E-state index is 11.8. The number of ether oxygens (including phenoxy) is 2. The second kappa shape index (κ2) is 8.96. The molecule has 1 aromatic carbocycles. The summed E-state index contributed by atoms with van der Waals surface area (Å²) in [5.41, 5.74) is 18.4. The number of pyridine rings is 1. The highest BCUT2D eigenvalue weighted by Gasteiger charge is 2.24. The number of aromatic nitrogens is 1. The summed E-state index contributed by atoms with van der Waals surface area (Å²) in [6.07, 6.45) is -1.74. The summed E-state index contributed by atoms with van der Waals surface area (Å²) in [4.78, 5) is 27.1. The molecule has 0 radical (unpaired) electrons. The van der Waals surface area contributed by atoms with Crippen molar-refractivity contribution in [2.24, 2.45) is 5.73 Å². The molecule has 0 fully saturated rings. The van der Waals surface area contributed by atoms with Gasteiger partial charge >= 0.3 is 5.97 Å². The molecule has 2 heterocycles. The molecule has 3 rings (SSSR count). The van der Waals surface area contributed by atoms with Gasteiger partial charge in [0.15, 0.2) is 11.5 Å². The van der Waals surface area contributed by atoms with E-state index in [9.17, 15) is 20.0 Å².